The first-order chi connectivity index (χ1) is 27.6. The minimum Gasteiger partial charge on any atom is -0.480 e. The summed E-state index contributed by atoms with van der Waals surface area (Å²) in [7, 11) is 0. The molecule has 0 aliphatic carbocycles. The Balaban J connectivity index is 3.62. The second-order valence-corrected chi connectivity index (χ2v) is 14.2. The summed E-state index contributed by atoms with van der Waals surface area (Å²) in [6, 6.07) is -1.13. The fourth-order valence-electron chi connectivity index (χ4n) is 5.66. The van der Waals surface area contributed by atoms with Crippen LogP contribution in [0.2, 0.25) is 0 Å². The summed E-state index contributed by atoms with van der Waals surface area (Å²) < 4.78 is 25.8. The molecule has 0 aromatic heterocycles. The number of carboxylic acid groups (broad SMARTS) is 2. The Hall–Kier alpha value is -3.34. The normalized spacial score (nSPS) is 11.5. The van der Waals surface area contributed by atoms with Gasteiger partial charge in [0.1, 0.15) is 19.3 Å². The summed E-state index contributed by atoms with van der Waals surface area (Å²) in [4.78, 5) is 69.8. The average molecular weight is 818 g/mol. The van der Waals surface area contributed by atoms with Crippen molar-refractivity contribution >= 4 is 35.6 Å². The zero-order valence-corrected chi connectivity index (χ0v) is 34.8. The van der Waals surface area contributed by atoms with Crippen LogP contribution in [0.5, 0.6) is 0 Å². The third-order valence-electron chi connectivity index (χ3n) is 8.93. The number of amides is 3. The lowest BCUT2D eigenvalue weighted by atomic mass is 10.0. The van der Waals surface area contributed by atoms with Crippen molar-refractivity contribution in [2.24, 2.45) is 0 Å². The fourth-order valence-corrected chi connectivity index (χ4v) is 5.66. The van der Waals surface area contributed by atoms with Gasteiger partial charge in [-0.3, -0.25) is 19.2 Å². The Kier molecular flexibility index (Phi) is 38.4. The number of hydrogen-bond acceptors (Lipinski definition) is 11. The highest BCUT2D eigenvalue weighted by Crippen LogP contribution is 2.15. The van der Waals surface area contributed by atoms with Crippen LogP contribution in [0.3, 0.4) is 0 Å². The van der Waals surface area contributed by atoms with Crippen molar-refractivity contribution in [3.05, 3.63) is 0 Å². The molecule has 1 atom stereocenters. The van der Waals surface area contributed by atoms with Crippen LogP contribution in [0, 0.1) is 0 Å². The van der Waals surface area contributed by atoms with E-state index in [1.54, 1.807) is 0 Å². The average Bonchev–Trinajstić information content (AvgIpc) is 3.17. The molecular weight excluding hydrogens is 742 g/mol. The van der Waals surface area contributed by atoms with Gasteiger partial charge in [-0.05, 0) is 25.7 Å². The highest BCUT2D eigenvalue weighted by molar-refractivity contribution is 5.84. The number of esters is 1. The van der Waals surface area contributed by atoms with E-state index >= 15 is 0 Å². The minimum absolute atomic E-state index is 0.0169. The molecule has 0 aromatic rings. The smallest absolute Gasteiger partial charge is 0.329 e. The van der Waals surface area contributed by atoms with Crippen molar-refractivity contribution in [2.45, 2.75) is 154 Å². The van der Waals surface area contributed by atoms with Crippen LogP contribution in [-0.4, -0.2) is 124 Å². The maximum atomic E-state index is 12.3. The summed E-state index contributed by atoms with van der Waals surface area (Å²) in [5.74, 6) is -3.27. The number of unbranched alkanes of at least 4 members (excludes halogenated alkanes) is 16. The molecular formula is C41H75N3O13. The van der Waals surface area contributed by atoms with Gasteiger partial charge in [-0.2, -0.15) is 0 Å². The van der Waals surface area contributed by atoms with Crippen LogP contribution in [0.25, 0.3) is 0 Å². The van der Waals surface area contributed by atoms with Gasteiger partial charge in [0.05, 0.1) is 46.2 Å². The predicted octanol–water partition coefficient (Wildman–Crippen LogP) is 5.08. The summed E-state index contributed by atoms with van der Waals surface area (Å²) in [6.45, 7) is 3.78. The molecule has 0 bridgehead atoms. The molecule has 0 fully saturated rings. The zero-order chi connectivity index (χ0) is 42.0. The summed E-state index contributed by atoms with van der Waals surface area (Å²) >= 11 is 0. The van der Waals surface area contributed by atoms with Gasteiger partial charge >= 0.3 is 17.9 Å². The number of ether oxygens (including phenoxy) is 5. The summed E-state index contributed by atoms with van der Waals surface area (Å²) in [5.41, 5.74) is 0. The summed E-state index contributed by atoms with van der Waals surface area (Å²) in [6.07, 6.45) is 21.1. The van der Waals surface area contributed by atoms with Crippen molar-refractivity contribution in [2.75, 3.05) is 72.6 Å². The van der Waals surface area contributed by atoms with Gasteiger partial charge in [0.15, 0.2) is 0 Å². The van der Waals surface area contributed by atoms with E-state index in [9.17, 15) is 33.9 Å². The molecule has 5 N–H and O–H groups in total. The van der Waals surface area contributed by atoms with E-state index in [-0.39, 0.29) is 109 Å². The van der Waals surface area contributed by atoms with Crippen LogP contribution in [0.1, 0.15) is 148 Å². The van der Waals surface area contributed by atoms with Crippen LogP contribution in [0.4, 0.5) is 0 Å². The maximum absolute atomic E-state index is 12.3. The molecule has 332 valence electrons. The van der Waals surface area contributed by atoms with Gasteiger partial charge in [0.25, 0.3) is 0 Å². The first kappa shape index (κ1) is 53.7. The van der Waals surface area contributed by atoms with Gasteiger partial charge in [-0.1, -0.05) is 103 Å². The van der Waals surface area contributed by atoms with Gasteiger partial charge < -0.3 is 49.8 Å². The summed E-state index contributed by atoms with van der Waals surface area (Å²) in [5, 5.41) is 25.8. The standard InChI is InChI=1S/C41H75N3O13/c1-2-3-26-57-40(50)21-19-17-15-13-11-9-7-5-4-6-8-10-12-14-16-18-20-37(46)44-35(41(51)52)22-23-36(45)42-24-27-53-29-31-55-33-38(47)43-25-28-54-30-32-56-34-39(48)49/h35H,2-34H2,1H3,(H,42,45)(H,43,47)(H,44,46)(H,48,49)(H,51,52). The molecule has 3 amide bonds. The van der Waals surface area contributed by atoms with Crippen LogP contribution in [-0.2, 0) is 52.5 Å². The molecule has 0 aromatic carbocycles. The van der Waals surface area contributed by atoms with E-state index in [2.05, 4.69) is 22.9 Å². The Morgan fingerprint density at radius 2 is 0.930 bits per heavy atom. The second-order valence-electron chi connectivity index (χ2n) is 14.2. The van der Waals surface area contributed by atoms with Gasteiger partial charge in [0.2, 0.25) is 17.7 Å². The molecule has 0 saturated heterocycles. The number of carbonyl (C=O) groups is 6. The number of carbonyl (C=O) groups excluding carboxylic acids is 4. The predicted molar refractivity (Wildman–Crippen MR) is 215 cm³/mol. The quantitative estimate of drug-likeness (QED) is 0.0400. The van der Waals surface area contributed by atoms with E-state index in [1.165, 1.54) is 64.2 Å². The topological polar surface area (TPSA) is 225 Å². The number of carboxylic acids is 2. The molecule has 57 heavy (non-hydrogen) atoms. The van der Waals surface area contributed by atoms with Crippen molar-refractivity contribution in [3.63, 3.8) is 0 Å². The highest BCUT2D eigenvalue weighted by atomic mass is 16.5. The molecule has 0 aliphatic heterocycles. The van der Waals surface area contributed by atoms with E-state index in [0.29, 0.717) is 19.4 Å². The Morgan fingerprint density at radius 1 is 0.474 bits per heavy atom. The monoisotopic (exact) mass is 818 g/mol. The number of nitrogens with one attached hydrogen (secondary N) is 3. The molecule has 16 nitrogen and oxygen atoms in total. The van der Waals surface area contributed by atoms with Crippen LogP contribution < -0.4 is 16.0 Å². The van der Waals surface area contributed by atoms with E-state index < -0.39 is 18.0 Å². The fraction of sp³-hybridized carbons (Fsp3) is 0.854. The Bertz CT molecular complexity index is 1050. The lowest BCUT2D eigenvalue weighted by molar-refractivity contribution is -0.144. The molecule has 0 spiro atoms. The van der Waals surface area contributed by atoms with Crippen LogP contribution in [0.15, 0.2) is 0 Å². The van der Waals surface area contributed by atoms with E-state index in [0.717, 1.165) is 44.9 Å². The Labute approximate surface area is 340 Å². The van der Waals surface area contributed by atoms with Crippen molar-refractivity contribution < 1.29 is 62.7 Å². The lowest BCUT2D eigenvalue weighted by Gasteiger charge is -2.14. The number of hydrogen-bond donors (Lipinski definition) is 5. The van der Waals surface area contributed by atoms with Crippen molar-refractivity contribution in [1.82, 2.24) is 16.0 Å². The molecule has 0 radical (unpaired) electrons. The first-order valence-corrected chi connectivity index (χ1v) is 21.4. The minimum atomic E-state index is -1.17. The molecule has 0 saturated carbocycles. The second kappa shape index (κ2) is 40.8. The van der Waals surface area contributed by atoms with E-state index in [4.69, 9.17) is 28.8 Å². The number of aliphatic carboxylic acids is 2. The van der Waals surface area contributed by atoms with Crippen LogP contribution >= 0.6 is 0 Å². The first-order valence-electron chi connectivity index (χ1n) is 21.4. The zero-order valence-electron chi connectivity index (χ0n) is 34.8. The highest BCUT2D eigenvalue weighted by Gasteiger charge is 2.20. The molecule has 16 heteroatoms. The molecule has 0 heterocycles. The van der Waals surface area contributed by atoms with Crippen molar-refractivity contribution in [1.29, 1.82) is 0 Å². The SMILES string of the molecule is CCCCOC(=O)CCCCCCCCCCCCCCCCCCC(=O)NC(CCC(=O)NCCOCCOCC(=O)NCCOCCOCC(=O)O)C(=O)O. The third-order valence-corrected chi connectivity index (χ3v) is 8.93. The van der Waals surface area contributed by atoms with Gasteiger partial charge in [-0.25, -0.2) is 9.59 Å². The largest absolute Gasteiger partial charge is 0.480 e. The Morgan fingerprint density at radius 3 is 1.42 bits per heavy atom. The van der Waals surface area contributed by atoms with Gasteiger partial charge in [0, 0.05) is 32.4 Å². The molecule has 1 unspecified atom stereocenters. The molecule has 0 rings (SSSR count). The maximum Gasteiger partial charge on any atom is 0.329 e. The third kappa shape index (κ3) is 40.7. The lowest BCUT2D eigenvalue weighted by Crippen LogP contribution is -2.41. The van der Waals surface area contributed by atoms with Crippen molar-refractivity contribution in [3.8, 4) is 0 Å². The number of rotatable bonds is 43. The molecule has 0 aliphatic rings. The van der Waals surface area contributed by atoms with Gasteiger partial charge in [-0.15, -0.1) is 0 Å². The van der Waals surface area contributed by atoms with E-state index in [1.807, 2.05) is 0 Å².